The number of nitrogens with one attached hydrogen (secondary N) is 2. The van der Waals surface area contributed by atoms with Crippen LogP contribution in [0.25, 0.3) is 15.9 Å². The Morgan fingerprint density at radius 1 is 1.25 bits per heavy atom. The van der Waals surface area contributed by atoms with Crippen molar-refractivity contribution < 1.29 is 4.79 Å². The molecule has 1 amide bonds. The number of aromatic nitrogens is 2. The van der Waals surface area contributed by atoms with Crippen LogP contribution in [-0.2, 0) is 0 Å². The summed E-state index contributed by atoms with van der Waals surface area (Å²) in [7, 11) is 0. The molecule has 1 aliphatic heterocycles. The number of amides is 1. The molecule has 3 heterocycles. The van der Waals surface area contributed by atoms with Gasteiger partial charge in [0.15, 0.2) is 0 Å². The first kappa shape index (κ1) is 17.5. The monoisotopic (exact) mass is 378 g/mol. The number of aromatic amines is 1. The minimum absolute atomic E-state index is 0.0832. The SMILES string of the molecule is [C-]#[N+]CN1CN(C2CCC(CNC3CC3)CC2)c2c(cnc3[nH]ccc23)C1=O. The highest BCUT2D eigenvalue weighted by Crippen LogP contribution is 2.38. The highest BCUT2D eigenvalue weighted by atomic mass is 16.2. The van der Waals surface area contributed by atoms with Crippen LogP contribution < -0.4 is 10.2 Å². The van der Waals surface area contributed by atoms with E-state index in [0.717, 1.165) is 48.1 Å². The van der Waals surface area contributed by atoms with E-state index in [1.807, 2.05) is 12.3 Å². The van der Waals surface area contributed by atoms with Crippen molar-refractivity contribution in [3.63, 3.8) is 0 Å². The smallest absolute Gasteiger partial charge is 0.293 e. The lowest BCUT2D eigenvalue weighted by Gasteiger charge is -2.43. The largest absolute Gasteiger partial charge is 0.349 e. The summed E-state index contributed by atoms with van der Waals surface area (Å²) in [5.41, 5.74) is 2.44. The van der Waals surface area contributed by atoms with Gasteiger partial charge in [-0.3, -0.25) is 14.5 Å². The van der Waals surface area contributed by atoms with E-state index < -0.39 is 0 Å². The molecule has 2 aromatic rings. The number of carbonyl (C=O) groups excluding carboxylic acids is 1. The summed E-state index contributed by atoms with van der Waals surface area (Å²) in [5.74, 6) is 0.673. The van der Waals surface area contributed by atoms with Crippen LogP contribution in [0.1, 0.15) is 48.9 Å². The standard InChI is InChI=1S/C21H26N6O/c1-22-12-26-13-27(16-6-2-14(3-7-16)10-24-15-4-5-15)19-17-8-9-23-20(17)25-11-18(19)21(26)28/h8-9,11,14-16,24H,2-7,10,12-13H2,(H,23,25). The topological polar surface area (TPSA) is 68.6 Å². The molecule has 2 saturated carbocycles. The number of fused-ring (bicyclic) bond motifs is 3. The maximum absolute atomic E-state index is 12.9. The van der Waals surface area contributed by atoms with Crippen molar-refractivity contribution >= 4 is 22.6 Å². The van der Waals surface area contributed by atoms with Crippen molar-refractivity contribution in [3.8, 4) is 0 Å². The number of hydrogen-bond donors (Lipinski definition) is 2. The van der Waals surface area contributed by atoms with Gasteiger partial charge in [0.05, 0.1) is 11.3 Å². The van der Waals surface area contributed by atoms with Crippen molar-refractivity contribution in [1.82, 2.24) is 20.2 Å². The van der Waals surface area contributed by atoms with Crippen LogP contribution in [0.4, 0.5) is 5.69 Å². The molecule has 0 atom stereocenters. The number of rotatable bonds is 5. The first-order chi connectivity index (χ1) is 13.7. The van der Waals surface area contributed by atoms with E-state index in [1.165, 1.54) is 25.7 Å². The summed E-state index contributed by atoms with van der Waals surface area (Å²) < 4.78 is 0. The molecule has 3 aliphatic rings. The van der Waals surface area contributed by atoms with Crippen LogP contribution >= 0.6 is 0 Å². The first-order valence-electron chi connectivity index (χ1n) is 10.3. The third kappa shape index (κ3) is 3.12. The third-order valence-corrected chi connectivity index (χ3v) is 6.46. The first-order valence-corrected chi connectivity index (χ1v) is 10.3. The fraction of sp³-hybridized carbons (Fsp3) is 0.571. The number of carbonyl (C=O) groups is 1. The number of hydrogen-bond acceptors (Lipinski definition) is 4. The minimum atomic E-state index is -0.0832. The predicted octanol–water partition coefficient (Wildman–Crippen LogP) is 2.97. The Morgan fingerprint density at radius 2 is 2.07 bits per heavy atom. The molecule has 0 radical (unpaired) electrons. The highest BCUT2D eigenvalue weighted by Gasteiger charge is 2.37. The summed E-state index contributed by atoms with van der Waals surface area (Å²) in [5, 5.41) is 4.68. The molecule has 2 fully saturated rings. The molecule has 0 aromatic carbocycles. The fourth-order valence-corrected chi connectivity index (χ4v) is 4.72. The van der Waals surface area contributed by atoms with Gasteiger partial charge in [-0.05, 0) is 57.1 Å². The Kier molecular flexibility index (Phi) is 4.44. The molecule has 7 nitrogen and oxygen atoms in total. The van der Waals surface area contributed by atoms with Crippen molar-refractivity contribution in [1.29, 1.82) is 0 Å². The van der Waals surface area contributed by atoms with Gasteiger partial charge in [-0.1, -0.05) is 0 Å². The number of anilines is 1. The molecule has 2 N–H and O–H groups in total. The molecular weight excluding hydrogens is 352 g/mol. The molecular formula is C21H26N6O. The number of nitrogens with zero attached hydrogens (tertiary/aromatic N) is 4. The molecule has 28 heavy (non-hydrogen) atoms. The van der Waals surface area contributed by atoms with Crippen LogP contribution in [0.15, 0.2) is 18.5 Å². The highest BCUT2D eigenvalue weighted by molar-refractivity contribution is 6.08. The van der Waals surface area contributed by atoms with Gasteiger partial charge in [-0.15, -0.1) is 0 Å². The summed E-state index contributed by atoms with van der Waals surface area (Å²) in [4.78, 5) is 28.0. The maximum atomic E-state index is 12.9. The van der Waals surface area contributed by atoms with Gasteiger partial charge in [0.2, 0.25) is 0 Å². The summed E-state index contributed by atoms with van der Waals surface area (Å²) in [6, 6.07) is 3.18. The van der Waals surface area contributed by atoms with Gasteiger partial charge in [0.25, 0.3) is 12.6 Å². The van der Waals surface area contributed by atoms with Crippen molar-refractivity contribution in [2.24, 2.45) is 5.92 Å². The van der Waals surface area contributed by atoms with Gasteiger partial charge < -0.3 is 15.2 Å². The molecule has 5 rings (SSSR count). The summed E-state index contributed by atoms with van der Waals surface area (Å²) >= 11 is 0. The van der Waals surface area contributed by atoms with Crippen molar-refractivity contribution in [2.75, 3.05) is 24.8 Å². The third-order valence-electron chi connectivity index (χ3n) is 6.46. The Morgan fingerprint density at radius 3 is 2.82 bits per heavy atom. The Labute approximate surface area is 164 Å². The number of H-pyrrole nitrogens is 1. The van der Waals surface area contributed by atoms with E-state index in [1.54, 1.807) is 11.1 Å². The molecule has 0 saturated heterocycles. The van der Waals surface area contributed by atoms with E-state index in [9.17, 15) is 4.79 Å². The van der Waals surface area contributed by atoms with E-state index in [0.29, 0.717) is 18.3 Å². The van der Waals surface area contributed by atoms with E-state index >= 15 is 0 Å². The average molecular weight is 378 g/mol. The molecule has 0 bridgehead atoms. The van der Waals surface area contributed by atoms with E-state index in [4.69, 9.17) is 6.57 Å². The zero-order valence-electron chi connectivity index (χ0n) is 16.0. The zero-order valence-corrected chi connectivity index (χ0v) is 16.0. The van der Waals surface area contributed by atoms with E-state index in [-0.39, 0.29) is 12.6 Å². The maximum Gasteiger partial charge on any atom is 0.293 e. The van der Waals surface area contributed by atoms with Gasteiger partial charge >= 0.3 is 0 Å². The van der Waals surface area contributed by atoms with Crippen LogP contribution in [0.3, 0.4) is 0 Å². The lowest BCUT2D eigenvalue weighted by atomic mass is 9.84. The number of pyridine rings is 1. The van der Waals surface area contributed by atoms with E-state index in [2.05, 4.69) is 25.0 Å². The van der Waals surface area contributed by atoms with Crippen LogP contribution in [0, 0.1) is 12.5 Å². The second-order valence-corrected chi connectivity index (χ2v) is 8.37. The second kappa shape index (κ2) is 7.10. The van der Waals surface area contributed by atoms with Crippen LogP contribution in [-0.4, -0.2) is 52.7 Å². The lowest BCUT2D eigenvalue weighted by Crippen LogP contribution is -2.51. The summed E-state index contributed by atoms with van der Waals surface area (Å²) in [6.45, 7) is 8.96. The zero-order chi connectivity index (χ0) is 19.1. The Hall–Kier alpha value is -2.59. The average Bonchev–Trinajstić information content (AvgIpc) is 3.43. The lowest BCUT2D eigenvalue weighted by molar-refractivity contribution is 0.0750. The van der Waals surface area contributed by atoms with Gasteiger partial charge in [0.1, 0.15) is 12.3 Å². The van der Waals surface area contributed by atoms with Gasteiger partial charge in [-0.25, -0.2) is 11.6 Å². The summed E-state index contributed by atoms with van der Waals surface area (Å²) in [6.07, 6.45) is 10.9. The van der Waals surface area contributed by atoms with Crippen LogP contribution in [0.5, 0.6) is 0 Å². The van der Waals surface area contributed by atoms with Crippen molar-refractivity contribution in [3.05, 3.63) is 35.4 Å². The van der Waals surface area contributed by atoms with Gasteiger partial charge in [0, 0.05) is 29.9 Å². The quantitative estimate of drug-likeness (QED) is 0.785. The van der Waals surface area contributed by atoms with Crippen LogP contribution in [0.2, 0.25) is 0 Å². The molecule has 2 aromatic heterocycles. The normalized spacial score (nSPS) is 25.0. The molecule has 2 aliphatic carbocycles. The fourth-order valence-electron chi connectivity index (χ4n) is 4.72. The van der Waals surface area contributed by atoms with Gasteiger partial charge in [-0.2, -0.15) is 0 Å². The second-order valence-electron chi connectivity index (χ2n) is 8.37. The Bertz CT molecular complexity index is 919. The Balaban J connectivity index is 1.40. The molecule has 0 unspecified atom stereocenters. The van der Waals surface area contributed by atoms with Crippen molar-refractivity contribution in [2.45, 2.75) is 50.6 Å². The minimum Gasteiger partial charge on any atom is -0.349 e. The molecule has 7 heteroatoms. The predicted molar refractivity (Wildman–Crippen MR) is 108 cm³/mol. The molecule has 146 valence electrons. The molecule has 0 spiro atoms.